The number of hydrogen-bond acceptors (Lipinski definition) is 2. The zero-order chi connectivity index (χ0) is 9.97. The van der Waals surface area contributed by atoms with Crippen LogP contribution in [0.3, 0.4) is 0 Å². The van der Waals surface area contributed by atoms with Crippen molar-refractivity contribution in [2.45, 2.75) is 0 Å². The van der Waals surface area contributed by atoms with E-state index in [1.807, 2.05) is 18.3 Å². The number of benzene rings is 1. The molecule has 0 saturated carbocycles. The molecule has 3 nitrogen and oxygen atoms in total. The predicted octanol–water partition coefficient (Wildman–Crippen LogP) is 0.850. The number of nitriles is 2. The van der Waals surface area contributed by atoms with E-state index in [4.69, 9.17) is 10.5 Å². The normalized spacial score (nSPS) is 9.57. The van der Waals surface area contributed by atoms with E-state index in [0.29, 0.717) is 5.56 Å². The second-order valence-electron chi connectivity index (χ2n) is 2.72. The molecule has 0 amide bonds. The Morgan fingerprint density at radius 3 is 2.86 bits per heavy atom. The monoisotopic (exact) mass is 247 g/mol. The SMILES string of the molecule is N#C[Se]c1c[nH]c2ccc(C#N)cc12. The summed E-state index contributed by atoms with van der Waals surface area (Å²) < 4.78 is 1.01. The van der Waals surface area contributed by atoms with Crippen molar-refractivity contribution >= 4 is 30.3 Å². The van der Waals surface area contributed by atoms with Crippen molar-refractivity contribution < 1.29 is 0 Å². The van der Waals surface area contributed by atoms with Crippen molar-refractivity contribution in [1.82, 2.24) is 4.98 Å². The third-order valence-corrected chi connectivity index (χ3v) is 3.29. The summed E-state index contributed by atoms with van der Waals surface area (Å²) in [5.41, 5.74) is 1.61. The molecule has 2 rings (SSSR count). The van der Waals surface area contributed by atoms with Crippen LogP contribution in [-0.4, -0.2) is 19.9 Å². The Morgan fingerprint density at radius 2 is 2.14 bits per heavy atom. The Bertz CT molecular complexity index is 557. The van der Waals surface area contributed by atoms with Crippen molar-refractivity contribution in [2.75, 3.05) is 0 Å². The Labute approximate surface area is 87.1 Å². The number of aromatic amines is 1. The van der Waals surface area contributed by atoms with Gasteiger partial charge in [0.05, 0.1) is 0 Å². The summed E-state index contributed by atoms with van der Waals surface area (Å²) in [6.07, 6.45) is 1.84. The number of H-pyrrole nitrogens is 1. The number of nitrogens with one attached hydrogen (secondary N) is 1. The quantitative estimate of drug-likeness (QED) is 0.758. The van der Waals surface area contributed by atoms with Crippen LogP contribution in [0.25, 0.3) is 10.9 Å². The molecular weight excluding hydrogens is 241 g/mol. The van der Waals surface area contributed by atoms with E-state index in [1.54, 1.807) is 6.07 Å². The summed E-state index contributed by atoms with van der Waals surface area (Å²) in [5.74, 6) is 0. The van der Waals surface area contributed by atoms with Crippen molar-refractivity contribution in [3.05, 3.63) is 30.0 Å². The summed E-state index contributed by atoms with van der Waals surface area (Å²) in [4.78, 5) is 5.24. The second kappa shape index (κ2) is 3.55. The van der Waals surface area contributed by atoms with Gasteiger partial charge in [0.2, 0.25) is 0 Å². The zero-order valence-electron chi connectivity index (χ0n) is 7.11. The maximum absolute atomic E-state index is 8.74. The van der Waals surface area contributed by atoms with Crippen LogP contribution in [0.2, 0.25) is 0 Å². The zero-order valence-corrected chi connectivity index (χ0v) is 8.83. The molecular formula is C10H5N3Se. The van der Waals surface area contributed by atoms with E-state index in [2.05, 4.69) is 16.0 Å². The Hall–Kier alpha value is -1.74. The third-order valence-electron chi connectivity index (χ3n) is 1.93. The number of rotatable bonds is 1. The van der Waals surface area contributed by atoms with Gasteiger partial charge < -0.3 is 0 Å². The van der Waals surface area contributed by atoms with Gasteiger partial charge in [0.25, 0.3) is 0 Å². The van der Waals surface area contributed by atoms with E-state index in [-0.39, 0.29) is 15.0 Å². The average molecular weight is 246 g/mol. The first kappa shape index (κ1) is 8.84. The first-order chi connectivity index (χ1) is 6.85. The molecule has 1 aromatic heterocycles. The molecule has 1 aromatic carbocycles. The number of hydrogen-bond donors (Lipinski definition) is 1. The Balaban J connectivity index is 2.66. The molecule has 66 valence electrons. The van der Waals surface area contributed by atoms with Crippen LogP contribution >= 0.6 is 0 Å². The third kappa shape index (κ3) is 1.38. The van der Waals surface area contributed by atoms with Crippen LogP contribution in [0, 0.1) is 21.6 Å². The predicted molar refractivity (Wildman–Crippen MR) is 54.0 cm³/mol. The molecule has 0 spiro atoms. The van der Waals surface area contributed by atoms with Crippen LogP contribution in [0.15, 0.2) is 24.4 Å². The summed E-state index contributed by atoms with van der Waals surface area (Å²) in [6, 6.07) is 7.54. The van der Waals surface area contributed by atoms with E-state index in [9.17, 15) is 0 Å². The van der Waals surface area contributed by atoms with Gasteiger partial charge in [0.15, 0.2) is 0 Å². The van der Waals surface area contributed by atoms with Crippen LogP contribution in [-0.2, 0) is 0 Å². The molecule has 1 heterocycles. The van der Waals surface area contributed by atoms with Gasteiger partial charge >= 0.3 is 86.8 Å². The number of nitrogens with zero attached hydrogens (tertiary/aromatic N) is 2. The molecule has 0 radical (unpaired) electrons. The molecule has 4 heteroatoms. The van der Waals surface area contributed by atoms with Crippen LogP contribution in [0.1, 0.15) is 5.56 Å². The van der Waals surface area contributed by atoms with Crippen LogP contribution in [0.5, 0.6) is 0 Å². The molecule has 0 aliphatic heterocycles. The molecule has 0 atom stereocenters. The summed E-state index contributed by atoms with van der Waals surface area (Å²) in [6.45, 7) is 0. The fraction of sp³-hybridized carbons (Fsp3) is 0. The van der Waals surface area contributed by atoms with Gasteiger partial charge in [-0.25, -0.2) is 0 Å². The minimum atomic E-state index is -0.174. The number of fused-ring (bicyclic) bond motifs is 1. The van der Waals surface area contributed by atoms with Gasteiger partial charge in [-0.3, -0.25) is 0 Å². The molecule has 14 heavy (non-hydrogen) atoms. The minimum absolute atomic E-state index is 0.174. The van der Waals surface area contributed by atoms with E-state index >= 15 is 0 Å². The van der Waals surface area contributed by atoms with Crippen molar-refractivity contribution in [3.63, 3.8) is 0 Å². The second-order valence-corrected chi connectivity index (χ2v) is 4.45. The maximum atomic E-state index is 8.74. The van der Waals surface area contributed by atoms with Crippen LogP contribution in [0.4, 0.5) is 0 Å². The molecule has 0 bridgehead atoms. The van der Waals surface area contributed by atoms with Crippen molar-refractivity contribution in [3.8, 4) is 11.0 Å². The van der Waals surface area contributed by atoms with Gasteiger partial charge in [-0.2, -0.15) is 0 Å². The van der Waals surface area contributed by atoms with Gasteiger partial charge in [-0.05, 0) is 0 Å². The summed E-state index contributed by atoms with van der Waals surface area (Å²) >= 11 is -0.174. The van der Waals surface area contributed by atoms with E-state index in [0.717, 1.165) is 15.4 Å². The summed E-state index contributed by atoms with van der Waals surface area (Å²) in [7, 11) is 0. The van der Waals surface area contributed by atoms with Gasteiger partial charge in [0.1, 0.15) is 0 Å². The average Bonchev–Trinajstić information content (AvgIpc) is 2.61. The topological polar surface area (TPSA) is 63.4 Å². The number of aromatic nitrogens is 1. The first-order valence-electron chi connectivity index (χ1n) is 3.92. The Kier molecular flexibility index (Phi) is 2.24. The van der Waals surface area contributed by atoms with Crippen molar-refractivity contribution in [2.24, 2.45) is 0 Å². The standard InChI is InChI=1S/C10H5N3Se/c11-4-7-1-2-9-8(3-7)10(5-13-9)14-6-12/h1-3,5,13H. The van der Waals surface area contributed by atoms with Crippen molar-refractivity contribution in [1.29, 1.82) is 10.5 Å². The fourth-order valence-corrected chi connectivity index (χ4v) is 2.34. The molecule has 0 aliphatic carbocycles. The molecule has 0 unspecified atom stereocenters. The molecule has 1 N–H and O–H groups in total. The fourth-order valence-electron chi connectivity index (χ4n) is 1.30. The molecule has 0 saturated heterocycles. The van der Waals surface area contributed by atoms with Gasteiger partial charge in [-0.15, -0.1) is 0 Å². The van der Waals surface area contributed by atoms with Gasteiger partial charge in [0, 0.05) is 0 Å². The van der Waals surface area contributed by atoms with Crippen LogP contribution < -0.4 is 4.46 Å². The Morgan fingerprint density at radius 1 is 1.29 bits per heavy atom. The van der Waals surface area contributed by atoms with E-state index in [1.165, 1.54) is 0 Å². The molecule has 0 fully saturated rings. The molecule has 2 aromatic rings. The molecule has 0 aliphatic rings. The van der Waals surface area contributed by atoms with E-state index < -0.39 is 0 Å². The summed E-state index contributed by atoms with van der Waals surface area (Å²) in [5, 5.41) is 18.3. The van der Waals surface area contributed by atoms with Gasteiger partial charge in [-0.1, -0.05) is 0 Å². The first-order valence-corrected chi connectivity index (χ1v) is 5.63.